The van der Waals surface area contributed by atoms with Gasteiger partial charge in [-0.15, -0.1) is 0 Å². The van der Waals surface area contributed by atoms with Gasteiger partial charge >= 0.3 is 0 Å². The molecule has 1 unspecified atom stereocenters. The van der Waals surface area contributed by atoms with Gasteiger partial charge < -0.3 is 14.3 Å². The Morgan fingerprint density at radius 2 is 1.86 bits per heavy atom. The van der Waals surface area contributed by atoms with E-state index in [1.54, 1.807) is 6.07 Å². The summed E-state index contributed by atoms with van der Waals surface area (Å²) in [7, 11) is 0. The lowest BCUT2D eigenvalue weighted by Crippen LogP contribution is -2.47. The minimum absolute atomic E-state index is 0.0284. The van der Waals surface area contributed by atoms with Crippen LogP contribution in [0.5, 0.6) is 0 Å². The van der Waals surface area contributed by atoms with Gasteiger partial charge in [-0.2, -0.15) is 0 Å². The van der Waals surface area contributed by atoms with Crippen LogP contribution >= 0.6 is 0 Å². The van der Waals surface area contributed by atoms with Crippen LogP contribution in [0.1, 0.15) is 54.4 Å². The summed E-state index contributed by atoms with van der Waals surface area (Å²) in [6.45, 7) is 8.84. The Morgan fingerprint density at radius 3 is 2.57 bits per heavy atom. The second kappa shape index (κ2) is 7.53. The second-order valence-corrected chi connectivity index (χ2v) is 8.36. The number of aromatic nitrogens is 2. The molecule has 2 saturated heterocycles. The van der Waals surface area contributed by atoms with Crippen molar-refractivity contribution in [1.82, 2.24) is 19.9 Å². The van der Waals surface area contributed by atoms with E-state index < -0.39 is 0 Å². The van der Waals surface area contributed by atoms with E-state index in [4.69, 9.17) is 4.52 Å². The van der Waals surface area contributed by atoms with E-state index in [0.717, 1.165) is 38.0 Å². The molecule has 2 aromatic heterocycles. The summed E-state index contributed by atoms with van der Waals surface area (Å²) in [4.78, 5) is 34.3. The Morgan fingerprint density at radius 1 is 1.11 bits per heavy atom. The fourth-order valence-corrected chi connectivity index (χ4v) is 4.53. The summed E-state index contributed by atoms with van der Waals surface area (Å²) >= 11 is 0. The molecule has 7 nitrogen and oxygen atoms in total. The number of amides is 2. The zero-order chi connectivity index (χ0) is 19.8. The van der Waals surface area contributed by atoms with Gasteiger partial charge in [0.25, 0.3) is 11.6 Å². The summed E-state index contributed by atoms with van der Waals surface area (Å²) in [5.74, 6) is 0.865. The molecule has 2 fully saturated rings. The van der Waals surface area contributed by atoms with Crippen molar-refractivity contribution in [3.05, 3.63) is 23.0 Å². The van der Waals surface area contributed by atoms with Crippen molar-refractivity contribution in [1.29, 1.82) is 0 Å². The lowest BCUT2D eigenvalue weighted by atomic mass is 9.92. The number of pyridine rings is 1. The number of aryl methyl sites for hydroxylation is 2. The number of hydrogen-bond donors (Lipinski definition) is 0. The maximum atomic E-state index is 13.2. The van der Waals surface area contributed by atoms with E-state index in [-0.39, 0.29) is 17.7 Å². The second-order valence-electron chi connectivity index (χ2n) is 8.36. The average Bonchev–Trinajstić information content (AvgIpc) is 3.07. The van der Waals surface area contributed by atoms with E-state index in [9.17, 15) is 9.59 Å². The molecule has 0 radical (unpaired) electrons. The molecule has 0 saturated carbocycles. The molecule has 4 heterocycles. The number of carbonyl (C=O) groups is 2. The fraction of sp³-hybridized carbons (Fsp3) is 0.619. The van der Waals surface area contributed by atoms with Crippen molar-refractivity contribution in [2.75, 3.05) is 26.2 Å². The maximum Gasteiger partial charge on any atom is 0.258 e. The summed E-state index contributed by atoms with van der Waals surface area (Å²) < 4.78 is 5.25. The highest BCUT2D eigenvalue weighted by Gasteiger charge is 2.32. The van der Waals surface area contributed by atoms with Crippen LogP contribution in [0.15, 0.2) is 10.6 Å². The predicted molar refractivity (Wildman–Crippen MR) is 105 cm³/mol. The van der Waals surface area contributed by atoms with Crippen LogP contribution in [0.4, 0.5) is 0 Å². The molecule has 150 valence electrons. The van der Waals surface area contributed by atoms with Crippen molar-refractivity contribution in [3.8, 4) is 0 Å². The van der Waals surface area contributed by atoms with E-state index >= 15 is 0 Å². The van der Waals surface area contributed by atoms with Crippen LogP contribution < -0.4 is 0 Å². The predicted octanol–water partition coefficient (Wildman–Crippen LogP) is 2.95. The van der Waals surface area contributed by atoms with Gasteiger partial charge in [-0.3, -0.25) is 9.59 Å². The van der Waals surface area contributed by atoms with Gasteiger partial charge in [0.1, 0.15) is 0 Å². The maximum absolute atomic E-state index is 13.2. The lowest BCUT2D eigenvalue weighted by molar-refractivity contribution is -0.138. The Bertz CT molecular complexity index is 898. The highest BCUT2D eigenvalue weighted by atomic mass is 16.5. The van der Waals surface area contributed by atoms with Crippen molar-refractivity contribution in [3.63, 3.8) is 0 Å². The Balaban J connectivity index is 1.45. The number of likely N-dealkylation sites (tertiary alicyclic amines) is 2. The SMILES string of the molecule is Cc1cc(C(=O)N2CCC(C(=O)N3CCCC(C)C3)CC2)c2c(C)noc2n1. The molecule has 0 spiro atoms. The van der Waals surface area contributed by atoms with E-state index in [1.165, 1.54) is 6.42 Å². The van der Waals surface area contributed by atoms with Crippen molar-refractivity contribution >= 4 is 22.9 Å². The van der Waals surface area contributed by atoms with E-state index in [0.29, 0.717) is 41.4 Å². The fourth-order valence-electron chi connectivity index (χ4n) is 4.53. The smallest absolute Gasteiger partial charge is 0.258 e. The van der Waals surface area contributed by atoms with Crippen LogP contribution in [0.2, 0.25) is 0 Å². The van der Waals surface area contributed by atoms with E-state index in [1.807, 2.05) is 23.6 Å². The van der Waals surface area contributed by atoms with Crippen LogP contribution in [0.25, 0.3) is 11.1 Å². The first kappa shape index (κ1) is 18.9. The minimum Gasteiger partial charge on any atom is -0.342 e. The van der Waals surface area contributed by atoms with Gasteiger partial charge in [-0.25, -0.2) is 4.98 Å². The van der Waals surface area contributed by atoms with E-state index in [2.05, 4.69) is 17.1 Å². The van der Waals surface area contributed by atoms with Crippen molar-refractivity contribution in [2.24, 2.45) is 11.8 Å². The topological polar surface area (TPSA) is 79.5 Å². The molecule has 1 atom stereocenters. The highest BCUT2D eigenvalue weighted by Crippen LogP contribution is 2.27. The van der Waals surface area contributed by atoms with Gasteiger partial charge in [0.2, 0.25) is 5.91 Å². The summed E-state index contributed by atoms with van der Waals surface area (Å²) in [5, 5.41) is 4.65. The summed E-state index contributed by atoms with van der Waals surface area (Å²) in [5.41, 5.74) is 2.41. The minimum atomic E-state index is -0.0284. The number of rotatable bonds is 2. The van der Waals surface area contributed by atoms with Crippen LogP contribution in [-0.4, -0.2) is 57.9 Å². The number of nitrogens with zero attached hydrogens (tertiary/aromatic N) is 4. The first-order valence-electron chi connectivity index (χ1n) is 10.3. The third-order valence-corrected chi connectivity index (χ3v) is 6.08. The third kappa shape index (κ3) is 3.50. The summed E-state index contributed by atoms with van der Waals surface area (Å²) in [6.07, 6.45) is 3.76. The zero-order valence-electron chi connectivity index (χ0n) is 16.9. The molecule has 2 amide bonds. The van der Waals surface area contributed by atoms with Gasteiger partial charge in [0, 0.05) is 37.8 Å². The number of carbonyl (C=O) groups excluding carboxylic acids is 2. The molecule has 2 aliphatic rings. The molecule has 0 N–H and O–H groups in total. The van der Waals surface area contributed by atoms with Gasteiger partial charge in [-0.1, -0.05) is 12.1 Å². The quantitative estimate of drug-likeness (QED) is 0.795. The number of hydrogen-bond acceptors (Lipinski definition) is 5. The average molecular weight is 384 g/mol. The lowest BCUT2D eigenvalue weighted by Gasteiger charge is -2.37. The van der Waals surface area contributed by atoms with Gasteiger partial charge in [-0.05, 0) is 51.5 Å². The molecule has 0 bridgehead atoms. The first-order chi connectivity index (χ1) is 13.4. The zero-order valence-corrected chi connectivity index (χ0v) is 16.9. The molecule has 7 heteroatoms. The molecule has 0 aromatic carbocycles. The van der Waals surface area contributed by atoms with Crippen molar-refractivity contribution < 1.29 is 14.1 Å². The normalized spacial score (nSPS) is 21.3. The van der Waals surface area contributed by atoms with Gasteiger partial charge in [0.15, 0.2) is 0 Å². The highest BCUT2D eigenvalue weighted by molar-refractivity contribution is 6.06. The van der Waals surface area contributed by atoms with Crippen molar-refractivity contribution in [2.45, 2.75) is 46.5 Å². The Labute approximate surface area is 165 Å². The van der Waals surface area contributed by atoms with Gasteiger partial charge in [0.05, 0.1) is 16.6 Å². The van der Waals surface area contributed by atoms with Crippen LogP contribution in [0.3, 0.4) is 0 Å². The Kier molecular flexibility index (Phi) is 5.08. The molecular formula is C21H28N4O3. The number of piperidine rings is 2. The van der Waals surface area contributed by atoms with Crippen LogP contribution in [0, 0.1) is 25.7 Å². The molecule has 4 rings (SSSR count). The molecule has 0 aliphatic carbocycles. The molecule has 2 aromatic rings. The monoisotopic (exact) mass is 384 g/mol. The molecular weight excluding hydrogens is 356 g/mol. The first-order valence-corrected chi connectivity index (χ1v) is 10.3. The number of fused-ring (bicyclic) bond motifs is 1. The Hall–Kier alpha value is -2.44. The summed E-state index contributed by atoms with van der Waals surface area (Å²) in [6, 6.07) is 1.81. The third-order valence-electron chi connectivity index (χ3n) is 6.08. The largest absolute Gasteiger partial charge is 0.342 e. The molecule has 2 aliphatic heterocycles. The molecule has 28 heavy (non-hydrogen) atoms. The van der Waals surface area contributed by atoms with Crippen LogP contribution in [-0.2, 0) is 4.79 Å². The standard InChI is InChI=1S/C21H28N4O3/c1-13-5-4-8-25(12-13)20(26)16-6-9-24(10-7-16)21(27)17-11-14(2)22-19-18(17)15(3)23-28-19/h11,13,16H,4-10,12H2,1-3H3.